The normalized spacial score (nSPS) is 12.3. The van der Waals surface area contributed by atoms with Gasteiger partial charge >= 0.3 is 0 Å². The number of fused-ring (bicyclic) bond motifs is 1. The van der Waals surface area contributed by atoms with Crippen LogP contribution in [0.4, 0.5) is 0 Å². The van der Waals surface area contributed by atoms with Gasteiger partial charge in [0, 0.05) is 24.6 Å². The number of amides is 1. The molecule has 160 valence electrons. The highest BCUT2D eigenvalue weighted by molar-refractivity contribution is 5.79. The molecule has 0 saturated carbocycles. The number of carbonyl (C=O) groups excluding carboxylic acids is 1. The second-order valence-corrected chi connectivity index (χ2v) is 9.58. The van der Waals surface area contributed by atoms with E-state index in [0.29, 0.717) is 35.8 Å². The number of hydrogen-bond donors (Lipinski definition) is 0. The van der Waals surface area contributed by atoms with Gasteiger partial charge in [-0.3, -0.25) is 14.2 Å². The van der Waals surface area contributed by atoms with Crippen LogP contribution in [0, 0.1) is 5.41 Å². The molecule has 0 fully saturated rings. The van der Waals surface area contributed by atoms with E-state index in [9.17, 15) is 9.59 Å². The van der Waals surface area contributed by atoms with E-state index in [4.69, 9.17) is 4.74 Å². The minimum atomic E-state index is -0.452. The molecule has 7 heteroatoms. The van der Waals surface area contributed by atoms with Crippen molar-refractivity contribution in [2.45, 2.75) is 66.8 Å². The first-order valence-electron chi connectivity index (χ1n) is 10.1. The summed E-state index contributed by atoms with van der Waals surface area (Å²) in [5, 5.41) is 0. The Kier molecular flexibility index (Phi) is 6.71. The van der Waals surface area contributed by atoms with Crippen LogP contribution in [0.5, 0.6) is 5.88 Å². The molecule has 0 aliphatic heterocycles. The van der Waals surface area contributed by atoms with Crippen LogP contribution < -0.4 is 10.3 Å². The molecular weight excluding hydrogens is 368 g/mol. The van der Waals surface area contributed by atoms with Crippen molar-refractivity contribution in [3.05, 3.63) is 28.2 Å². The molecule has 0 atom stereocenters. The maximum Gasteiger partial charge on any atom is 0.274 e. The molecule has 2 aromatic rings. The van der Waals surface area contributed by atoms with Crippen LogP contribution in [-0.2, 0) is 16.8 Å². The lowest BCUT2D eigenvalue weighted by atomic mass is 9.92. The van der Waals surface area contributed by atoms with Gasteiger partial charge in [-0.1, -0.05) is 41.5 Å². The lowest BCUT2D eigenvalue weighted by Gasteiger charge is -2.26. The number of rotatable bonds is 6. The van der Waals surface area contributed by atoms with Gasteiger partial charge in [0.05, 0.1) is 7.11 Å². The minimum Gasteiger partial charge on any atom is -0.481 e. The second-order valence-electron chi connectivity index (χ2n) is 9.58. The van der Waals surface area contributed by atoms with Gasteiger partial charge in [0.2, 0.25) is 11.8 Å². The number of nitrogens with zero attached hydrogens (tertiary/aromatic N) is 4. The highest BCUT2D eigenvalue weighted by Gasteiger charge is 2.25. The van der Waals surface area contributed by atoms with E-state index < -0.39 is 5.41 Å². The van der Waals surface area contributed by atoms with Crippen LogP contribution in [0.1, 0.15) is 60.6 Å². The molecule has 0 N–H and O–H groups in total. The third-order valence-corrected chi connectivity index (χ3v) is 4.84. The Morgan fingerprint density at radius 1 is 1.14 bits per heavy atom. The largest absolute Gasteiger partial charge is 0.481 e. The lowest BCUT2D eigenvalue weighted by Crippen LogP contribution is -2.40. The average molecular weight is 403 g/mol. The third kappa shape index (κ3) is 5.55. The van der Waals surface area contributed by atoms with Crippen LogP contribution in [-0.4, -0.2) is 45.5 Å². The summed E-state index contributed by atoms with van der Waals surface area (Å²) in [5.74, 6) is 0.277. The molecule has 2 aromatic heterocycles. The predicted octanol–water partition coefficient (Wildman–Crippen LogP) is 3.38. The zero-order valence-corrected chi connectivity index (χ0v) is 19.0. The summed E-state index contributed by atoms with van der Waals surface area (Å²) in [7, 11) is 1.52. The van der Waals surface area contributed by atoms with Crippen LogP contribution in [0.3, 0.4) is 0 Å². The van der Waals surface area contributed by atoms with E-state index in [1.54, 1.807) is 17.0 Å². The molecule has 0 saturated heterocycles. The summed E-state index contributed by atoms with van der Waals surface area (Å²) in [6, 6.07) is 3.48. The summed E-state index contributed by atoms with van der Waals surface area (Å²) in [6.07, 6.45) is 0.887. The zero-order chi connectivity index (χ0) is 22.0. The molecule has 0 spiro atoms. The number of aromatic nitrogens is 3. The Balaban J connectivity index is 2.52. The van der Waals surface area contributed by atoms with E-state index in [-0.39, 0.29) is 23.4 Å². The smallest absolute Gasteiger partial charge is 0.274 e. The summed E-state index contributed by atoms with van der Waals surface area (Å²) in [5.41, 5.74) is 0.742. The van der Waals surface area contributed by atoms with Gasteiger partial charge in [0.15, 0.2) is 5.65 Å². The topological polar surface area (TPSA) is 77.3 Å². The number of ether oxygens (including phenoxy) is 1. The minimum absolute atomic E-state index is 0.0704. The molecular formula is C22H34N4O3. The molecule has 0 aliphatic rings. The summed E-state index contributed by atoms with van der Waals surface area (Å²) < 4.78 is 6.65. The zero-order valence-electron chi connectivity index (χ0n) is 19.0. The van der Waals surface area contributed by atoms with Gasteiger partial charge in [0.1, 0.15) is 17.8 Å². The van der Waals surface area contributed by atoms with Crippen LogP contribution in [0.2, 0.25) is 0 Å². The first kappa shape index (κ1) is 22.8. The predicted molar refractivity (Wildman–Crippen MR) is 115 cm³/mol. The fourth-order valence-corrected chi connectivity index (χ4v) is 3.02. The number of pyridine rings is 1. The highest BCUT2D eigenvalue weighted by Crippen LogP contribution is 2.21. The van der Waals surface area contributed by atoms with Crippen molar-refractivity contribution < 1.29 is 9.53 Å². The van der Waals surface area contributed by atoms with E-state index in [2.05, 4.69) is 30.7 Å². The Labute approximate surface area is 173 Å². The summed E-state index contributed by atoms with van der Waals surface area (Å²) in [6.45, 7) is 15.4. The SMILES string of the molecule is CCN(CCC(C)(C)C)C(=O)Cn1c(=O)c(C(C)(C)C)nc2ccc(OC)nc21. The number of hydrogen-bond acceptors (Lipinski definition) is 5. The standard InChI is InChI=1S/C22H34N4O3/c1-9-25(13-12-21(2,3)4)17(27)14-26-19-15(10-11-16(24-19)29-8)23-18(20(26)28)22(5,6)7/h10-11H,9,12-14H2,1-8H3. The average Bonchev–Trinajstić information content (AvgIpc) is 2.62. The van der Waals surface area contributed by atoms with E-state index in [1.165, 1.54) is 11.7 Å². The number of carbonyl (C=O) groups is 1. The summed E-state index contributed by atoms with van der Waals surface area (Å²) >= 11 is 0. The molecule has 0 bridgehead atoms. The Bertz CT molecular complexity index is 936. The Morgan fingerprint density at radius 3 is 2.31 bits per heavy atom. The van der Waals surface area contributed by atoms with Crippen LogP contribution >= 0.6 is 0 Å². The maximum atomic E-state index is 13.2. The van der Waals surface area contributed by atoms with Gasteiger partial charge in [-0.05, 0) is 24.8 Å². The fourth-order valence-electron chi connectivity index (χ4n) is 3.02. The monoisotopic (exact) mass is 402 g/mol. The van der Waals surface area contributed by atoms with Gasteiger partial charge in [0.25, 0.3) is 5.56 Å². The number of methoxy groups -OCH3 is 1. The van der Waals surface area contributed by atoms with Crippen molar-refractivity contribution in [3.8, 4) is 5.88 Å². The highest BCUT2D eigenvalue weighted by atomic mass is 16.5. The van der Waals surface area contributed by atoms with Gasteiger partial charge < -0.3 is 9.64 Å². The lowest BCUT2D eigenvalue weighted by molar-refractivity contribution is -0.131. The van der Waals surface area contributed by atoms with E-state index in [1.807, 2.05) is 27.7 Å². The molecule has 0 unspecified atom stereocenters. The van der Waals surface area contributed by atoms with Crippen molar-refractivity contribution in [1.29, 1.82) is 0 Å². The molecule has 0 aromatic carbocycles. The van der Waals surface area contributed by atoms with Gasteiger partial charge in [-0.2, -0.15) is 4.98 Å². The number of likely N-dealkylation sites (N-methyl/N-ethyl adjacent to an activating group) is 1. The second kappa shape index (κ2) is 8.51. The van der Waals surface area contributed by atoms with Gasteiger partial charge in [-0.25, -0.2) is 4.98 Å². The Hall–Kier alpha value is -2.44. The van der Waals surface area contributed by atoms with E-state index in [0.717, 1.165) is 6.42 Å². The van der Waals surface area contributed by atoms with E-state index >= 15 is 0 Å². The summed E-state index contributed by atoms with van der Waals surface area (Å²) in [4.78, 5) is 37.0. The van der Waals surface area contributed by atoms with Crippen molar-refractivity contribution in [1.82, 2.24) is 19.4 Å². The molecule has 2 heterocycles. The quantitative estimate of drug-likeness (QED) is 0.740. The molecule has 7 nitrogen and oxygen atoms in total. The molecule has 1 amide bonds. The Morgan fingerprint density at radius 2 is 1.79 bits per heavy atom. The van der Waals surface area contributed by atoms with Crippen molar-refractivity contribution in [2.75, 3.05) is 20.2 Å². The first-order valence-corrected chi connectivity index (χ1v) is 10.1. The van der Waals surface area contributed by atoms with Gasteiger partial charge in [-0.15, -0.1) is 0 Å². The fraction of sp³-hybridized carbons (Fsp3) is 0.636. The van der Waals surface area contributed by atoms with Crippen LogP contribution in [0.25, 0.3) is 11.2 Å². The maximum absolute atomic E-state index is 13.2. The molecule has 0 aliphatic carbocycles. The molecule has 29 heavy (non-hydrogen) atoms. The first-order chi connectivity index (χ1) is 13.4. The molecule has 2 rings (SSSR count). The molecule has 0 radical (unpaired) electrons. The van der Waals surface area contributed by atoms with Crippen molar-refractivity contribution in [2.24, 2.45) is 5.41 Å². The van der Waals surface area contributed by atoms with Crippen molar-refractivity contribution >= 4 is 17.1 Å². The van der Waals surface area contributed by atoms with Crippen molar-refractivity contribution in [3.63, 3.8) is 0 Å². The van der Waals surface area contributed by atoms with Crippen LogP contribution in [0.15, 0.2) is 16.9 Å². The third-order valence-electron chi connectivity index (χ3n) is 4.84.